The molecular formula is C19H16FN5O. The molecular weight excluding hydrogens is 333 g/mol. The highest BCUT2D eigenvalue weighted by atomic mass is 19.1. The van der Waals surface area contributed by atoms with E-state index in [4.69, 9.17) is 0 Å². The largest absolute Gasteiger partial charge is 0.329 e. The number of nitrogens with one attached hydrogen (secondary N) is 2. The van der Waals surface area contributed by atoms with Gasteiger partial charge < -0.3 is 5.32 Å². The fourth-order valence-electron chi connectivity index (χ4n) is 2.87. The lowest BCUT2D eigenvalue weighted by Gasteiger charge is -2.22. The average molecular weight is 349 g/mol. The van der Waals surface area contributed by atoms with Crippen molar-refractivity contribution in [2.75, 3.05) is 10.6 Å². The minimum Gasteiger partial charge on any atom is -0.329 e. The van der Waals surface area contributed by atoms with E-state index < -0.39 is 11.7 Å². The second-order valence-corrected chi connectivity index (χ2v) is 6.00. The van der Waals surface area contributed by atoms with Crippen LogP contribution in [-0.4, -0.2) is 20.7 Å². The number of hydrogen-bond acceptors (Lipinski definition) is 4. The zero-order valence-corrected chi connectivity index (χ0v) is 14.0. The van der Waals surface area contributed by atoms with Crippen LogP contribution in [0.5, 0.6) is 0 Å². The number of halogens is 1. The van der Waals surface area contributed by atoms with E-state index in [1.807, 2.05) is 43.3 Å². The van der Waals surface area contributed by atoms with Gasteiger partial charge in [-0.05, 0) is 36.8 Å². The maximum absolute atomic E-state index is 13.3. The predicted molar refractivity (Wildman–Crippen MR) is 96.3 cm³/mol. The molecule has 2 heterocycles. The Morgan fingerprint density at radius 3 is 2.77 bits per heavy atom. The van der Waals surface area contributed by atoms with Crippen molar-refractivity contribution in [1.29, 1.82) is 0 Å². The monoisotopic (exact) mass is 349 g/mol. The predicted octanol–water partition coefficient (Wildman–Crippen LogP) is 3.59. The Bertz CT molecular complexity index is 996. The molecule has 1 aromatic heterocycles. The number of anilines is 2. The molecule has 0 spiro atoms. The zero-order chi connectivity index (χ0) is 18.1. The standard InChI is InChI=1S/C19H16FN5O/c1-12-10-16(13-6-3-2-4-7-13)25-19(21-12)23-18(24-25)22-17(26)14-8-5-9-15(20)11-14/h2-11,16H,1H3,(H2,21,22,23,24,26). The van der Waals surface area contributed by atoms with Crippen LogP contribution >= 0.6 is 0 Å². The van der Waals surface area contributed by atoms with Crippen LogP contribution in [0.25, 0.3) is 0 Å². The van der Waals surface area contributed by atoms with E-state index in [-0.39, 0.29) is 17.6 Å². The minimum atomic E-state index is -0.472. The SMILES string of the molecule is CC1=CC(c2ccccc2)n2nc(NC(=O)c3cccc(F)c3)nc2N1. The molecule has 1 aliphatic rings. The normalized spacial score (nSPS) is 15.6. The van der Waals surface area contributed by atoms with Gasteiger partial charge in [0.15, 0.2) is 0 Å². The summed E-state index contributed by atoms with van der Waals surface area (Å²) in [4.78, 5) is 16.6. The topological polar surface area (TPSA) is 71.8 Å². The molecule has 1 unspecified atom stereocenters. The number of nitrogens with zero attached hydrogens (tertiary/aromatic N) is 3. The summed E-state index contributed by atoms with van der Waals surface area (Å²) in [7, 11) is 0. The van der Waals surface area contributed by atoms with Crippen molar-refractivity contribution >= 4 is 17.8 Å². The van der Waals surface area contributed by atoms with E-state index in [1.165, 1.54) is 24.3 Å². The molecule has 1 amide bonds. The third-order valence-electron chi connectivity index (χ3n) is 4.06. The molecule has 0 saturated carbocycles. The molecule has 0 radical (unpaired) electrons. The van der Waals surface area contributed by atoms with Crippen molar-refractivity contribution in [2.45, 2.75) is 13.0 Å². The summed E-state index contributed by atoms with van der Waals surface area (Å²) in [5.74, 6) is -0.243. The van der Waals surface area contributed by atoms with Crippen LogP contribution in [0.3, 0.4) is 0 Å². The van der Waals surface area contributed by atoms with E-state index >= 15 is 0 Å². The second-order valence-electron chi connectivity index (χ2n) is 6.00. The summed E-state index contributed by atoms with van der Waals surface area (Å²) >= 11 is 0. The number of rotatable bonds is 3. The Kier molecular flexibility index (Phi) is 3.96. The van der Waals surface area contributed by atoms with Crippen LogP contribution in [0.1, 0.15) is 28.9 Å². The highest BCUT2D eigenvalue weighted by molar-refractivity contribution is 6.03. The number of carbonyl (C=O) groups is 1. The number of aromatic nitrogens is 3. The summed E-state index contributed by atoms with van der Waals surface area (Å²) in [6.07, 6.45) is 2.04. The first kappa shape index (κ1) is 16.0. The van der Waals surface area contributed by atoms with Gasteiger partial charge in [-0.3, -0.25) is 10.1 Å². The van der Waals surface area contributed by atoms with Crippen LogP contribution in [0.4, 0.5) is 16.3 Å². The number of benzene rings is 2. The number of hydrogen-bond donors (Lipinski definition) is 2. The van der Waals surface area contributed by atoms with Gasteiger partial charge >= 0.3 is 0 Å². The third kappa shape index (κ3) is 3.06. The Morgan fingerprint density at radius 2 is 2.00 bits per heavy atom. The Balaban J connectivity index is 1.63. The molecule has 0 bridgehead atoms. The van der Waals surface area contributed by atoms with Crippen molar-refractivity contribution in [2.24, 2.45) is 0 Å². The fraction of sp³-hybridized carbons (Fsp3) is 0.105. The van der Waals surface area contributed by atoms with E-state index in [0.29, 0.717) is 5.95 Å². The van der Waals surface area contributed by atoms with E-state index in [1.54, 1.807) is 4.68 Å². The van der Waals surface area contributed by atoms with E-state index in [0.717, 1.165) is 11.3 Å². The molecule has 4 rings (SSSR count). The maximum atomic E-state index is 13.3. The van der Waals surface area contributed by atoms with Gasteiger partial charge in [-0.1, -0.05) is 36.4 Å². The minimum absolute atomic E-state index is 0.125. The number of allylic oxidation sites excluding steroid dienone is 2. The lowest BCUT2D eigenvalue weighted by molar-refractivity contribution is 0.102. The molecule has 1 atom stereocenters. The molecule has 1 aliphatic heterocycles. The molecule has 130 valence electrons. The maximum Gasteiger partial charge on any atom is 0.258 e. The first-order valence-corrected chi connectivity index (χ1v) is 8.14. The Morgan fingerprint density at radius 1 is 1.19 bits per heavy atom. The molecule has 0 aliphatic carbocycles. The highest BCUT2D eigenvalue weighted by Crippen LogP contribution is 2.29. The van der Waals surface area contributed by atoms with Gasteiger partial charge in [0.05, 0.1) is 0 Å². The lowest BCUT2D eigenvalue weighted by atomic mass is 10.1. The summed E-state index contributed by atoms with van der Waals surface area (Å²) in [6, 6.07) is 15.2. The lowest BCUT2D eigenvalue weighted by Crippen LogP contribution is -2.19. The average Bonchev–Trinajstić information content (AvgIpc) is 3.03. The Hall–Kier alpha value is -3.48. The van der Waals surface area contributed by atoms with E-state index in [2.05, 4.69) is 20.7 Å². The summed E-state index contributed by atoms with van der Waals surface area (Å²) in [5.41, 5.74) is 2.21. The van der Waals surface area contributed by atoms with Crippen molar-refractivity contribution in [3.8, 4) is 0 Å². The van der Waals surface area contributed by atoms with Crippen LogP contribution in [0.15, 0.2) is 66.4 Å². The summed E-state index contributed by atoms with van der Waals surface area (Å²) < 4.78 is 15.0. The van der Waals surface area contributed by atoms with Gasteiger partial charge in [0.25, 0.3) is 11.9 Å². The van der Waals surface area contributed by atoms with Crippen molar-refractivity contribution in [3.05, 3.63) is 83.3 Å². The third-order valence-corrected chi connectivity index (χ3v) is 4.06. The van der Waals surface area contributed by atoms with Gasteiger partial charge in [-0.25, -0.2) is 9.07 Å². The summed E-state index contributed by atoms with van der Waals surface area (Å²) in [6.45, 7) is 1.94. The summed E-state index contributed by atoms with van der Waals surface area (Å²) in [5, 5.41) is 10.2. The molecule has 26 heavy (non-hydrogen) atoms. The van der Waals surface area contributed by atoms with Gasteiger partial charge in [0.2, 0.25) is 5.95 Å². The number of carbonyl (C=O) groups excluding carboxylic acids is 1. The molecule has 2 aromatic carbocycles. The molecule has 0 fully saturated rings. The van der Waals surface area contributed by atoms with Gasteiger partial charge in [0, 0.05) is 11.3 Å². The van der Waals surface area contributed by atoms with Crippen LogP contribution in [-0.2, 0) is 0 Å². The van der Waals surface area contributed by atoms with E-state index in [9.17, 15) is 9.18 Å². The van der Waals surface area contributed by atoms with Crippen molar-refractivity contribution < 1.29 is 9.18 Å². The molecule has 7 heteroatoms. The zero-order valence-electron chi connectivity index (χ0n) is 14.0. The Labute approximate surface area is 149 Å². The second kappa shape index (κ2) is 6.44. The van der Waals surface area contributed by atoms with Gasteiger partial charge in [-0.2, -0.15) is 4.98 Å². The van der Waals surface area contributed by atoms with Gasteiger partial charge in [-0.15, -0.1) is 5.10 Å². The number of fused-ring (bicyclic) bond motifs is 1. The fourth-order valence-corrected chi connectivity index (χ4v) is 2.87. The molecule has 0 saturated heterocycles. The first-order chi connectivity index (χ1) is 12.6. The molecule has 6 nitrogen and oxygen atoms in total. The van der Waals surface area contributed by atoms with Gasteiger partial charge in [0.1, 0.15) is 11.9 Å². The molecule has 3 aromatic rings. The van der Waals surface area contributed by atoms with Crippen LogP contribution in [0, 0.1) is 5.82 Å². The number of amides is 1. The van der Waals surface area contributed by atoms with Crippen molar-refractivity contribution in [3.63, 3.8) is 0 Å². The van der Waals surface area contributed by atoms with Crippen LogP contribution < -0.4 is 10.6 Å². The molecule has 2 N–H and O–H groups in total. The quantitative estimate of drug-likeness (QED) is 0.758. The highest BCUT2D eigenvalue weighted by Gasteiger charge is 2.24. The first-order valence-electron chi connectivity index (χ1n) is 8.14. The van der Waals surface area contributed by atoms with Crippen LogP contribution in [0.2, 0.25) is 0 Å². The smallest absolute Gasteiger partial charge is 0.258 e. The van der Waals surface area contributed by atoms with Crippen molar-refractivity contribution in [1.82, 2.24) is 14.8 Å².